The van der Waals surface area contributed by atoms with Crippen LogP contribution in [0.2, 0.25) is 0 Å². The Labute approximate surface area is 245 Å². The van der Waals surface area contributed by atoms with Crippen molar-refractivity contribution in [1.82, 2.24) is 0 Å². The summed E-state index contributed by atoms with van der Waals surface area (Å²) in [6.07, 6.45) is 13.0. The molecule has 0 aliphatic rings. The van der Waals surface area contributed by atoms with Crippen molar-refractivity contribution < 1.29 is 53.5 Å². The molecule has 8 nitrogen and oxygen atoms in total. The number of rotatable bonds is 20. The second kappa shape index (κ2) is 23.5. The van der Waals surface area contributed by atoms with E-state index in [4.69, 9.17) is 18.1 Å². The van der Waals surface area contributed by atoms with Crippen LogP contribution in [0.25, 0.3) is 0 Å². The molecule has 2 aromatic rings. The van der Waals surface area contributed by atoms with Gasteiger partial charge in [0.15, 0.2) is 0 Å². The van der Waals surface area contributed by atoms with Crippen LogP contribution < -0.4 is 18.8 Å². The molecule has 0 bridgehead atoms. The minimum Gasteiger partial charge on any atom is -0.746 e. The third-order valence-corrected chi connectivity index (χ3v) is 7.28. The molecule has 0 radical (unpaired) electrons. The molecule has 224 valence electrons. The monoisotopic (exact) mass is 628 g/mol. The summed E-state index contributed by atoms with van der Waals surface area (Å²) in [5.74, 6) is 0.563. The zero-order valence-corrected chi connectivity index (χ0v) is 25.9. The van der Waals surface area contributed by atoms with Gasteiger partial charge < -0.3 is 27.9 Å². The fraction of sp³-hybridized carbons (Fsp3) is 0.571. The molecule has 0 fully saturated rings. The van der Waals surface area contributed by atoms with Crippen LogP contribution in [0.1, 0.15) is 90.9 Å². The van der Waals surface area contributed by atoms with Crippen molar-refractivity contribution in [2.24, 2.45) is 0 Å². The maximum atomic E-state index is 11.5. The van der Waals surface area contributed by atoms with Gasteiger partial charge in [-0.2, -0.15) is 0 Å². The van der Waals surface area contributed by atoms with Gasteiger partial charge in [-0.25, -0.2) is 0 Å². The first-order valence-electron chi connectivity index (χ1n) is 13.7. The molecule has 0 saturated carbocycles. The van der Waals surface area contributed by atoms with Crippen LogP contribution in [-0.4, -0.2) is 13.2 Å². The van der Waals surface area contributed by atoms with Gasteiger partial charge in [-0.1, -0.05) is 114 Å². The first-order valence-corrected chi connectivity index (χ1v) is 16.6. The van der Waals surface area contributed by atoms with E-state index in [0.29, 0.717) is 0 Å². The summed E-state index contributed by atoms with van der Waals surface area (Å²) >= 11 is 0. The van der Waals surface area contributed by atoms with Gasteiger partial charge in [-0.3, -0.25) is 9.13 Å². The quantitative estimate of drug-likeness (QED) is 0.0827. The molecule has 2 atom stereocenters. The number of phosphoric ester groups is 2. The first-order chi connectivity index (χ1) is 18.3. The van der Waals surface area contributed by atoms with E-state index in [1.807, 2.05) is 0 Å². The molecule has 0 aliphatic heterocycles. The van der Waals surface area contributed by atoms with E-state index >= 15 is 0 Å². The second-order valence-corrected chi connectivity index (χ2v) is 11.6. The van der Waals surface area contributed by atoms with Gasteiger partial charge in [0.2, 0.25) is 0 Å². The maximum absolute atomic E-state index is 11.5. The third-order valence-electron chi connectivity index (χ3n) is 5.42. The molecule has 0 aliphatic carbocycles. The summed E-state index contributed by atoms with van der Waals surface area (Å²) < 4.78 is 42.3. The summed E-state index contributed by atoms with van der Waals surface area (Å²) in [7, 11) is -8.45. The van der Waals surface area contributed by atoms with Crippen LogP contribution >= 0.6 is 15.6 Å². The van der Waals surface area contributed by atoms with Crippen molar-refractivity contribution in [1.29, 1.82) is 0 Å². The average Bonchev–Trinajstić information content (AvgIpc) is 2.88. The predicted octanol–water partition coefficient (Wildman–Crippen LogP) is 7.82. The molecule has 11 heteroatoms. The summed E-state index contributed by atoms with van der Waals surface area (Å²) in [5.41, 5.74) is 0. The summed E-state index contributed by atoms with van der Waals surface area (Å²) in [4.78, 5) is 23.0. The molecule has 0 heterocycles. The summed E-state index contributed by atoms with van der Waals surface area (Å²) in [6, 6.07) is 16.8. The topological polar surface area (TPSA) is 117 Å². The van der Waals surface area contributed by atoms with Gasteiger partial charge in [-0.15, -0.1) is 0 Å². The minimum atomic E-state index is -4.23. The Morgan fingerprint density at radius 2 is 0.846 bits per heavy atom. The van der Waals surface area contributed by atoms with Crippen LogP contribution in [-0.2, 0) is 34.7 Å². The molecule has 0 N–H and O–H groups in total. The van der Waals surface area contributed by atoms with Gasteiger partial charge in [0.05, 0.1) is 13.2 Å². The Balaban J connectivity index is 0.000000722. The molecule has 2 unspecified atom stereocenters. The SMILES string of the molecule is CCCCCCCCOP(=O)([O-])Oc1ccccc1.CCCCCCCCOP(=O)([O-])Oc1ccccc1.[Ni+2]. The van der Waals surface area contributed by atoms with Crippen LogP contribution in [0.5, 0.6) is 11.5 Å². The van der Waals surface area contributed by atoms with Crippen molar-refractivity contribution in [2.45, 2.75) is 90.9 Å². The molecular formula is C28H44NiO8P2. The largest absolute Gasteiger partial charge is 2.00 e. The van der Waals surface area contributed by atoms with E-state index in [0.717, 1.165) is 38.5 Å². The van der Waals surface area contributed by atoms with Crippen molar-refractivity contribution in [3.63, 3.8) is 0 Å². The number of benzene rings is 2. The number of hydrogen-bond acceptors (Lipinski definition) is 8. The molecule has 0 spiro atoms. The van der Waals surface area contributed by atoms with Gasteiger partial charge in [0.1, 0.15) is 11.5 Å². The standard InChI is InChI=1S/2C14H23O4P.Ni/c2*1-2-3-4-5-6-10-13-17-19(15,16)18-14-11-8-7-9-12-14;/h2*7-9,11-12H,2-6,10,13H2,1H3,(H,15,16);/q;;+2/p-2. The zero-order valence-electron chi connectivity index (χ0n) is 23.1. The summed E-state index contributed by atoms with van der Waals surface area (Å²) in [6.45, 7) is 4.72. The Morgan fingerprint density at radius 1 is 0.538 bits per heavy atom. The van der Waals surface area contributed by atoms with Gasteiger partial charge >= 0.3 is 32.1 Å². The molecule has 0 aromatic heterocycles. The molecule has 0 saturated heterocycles. The van der Waals surface area contributed by atoms with Gasteiger partial charge in [0.25, 0.3) is 0 Å². The van der Waals surface area contributed by atoms with E-state index in [1.165, 1.54) is 38.5 Å². The van der Waals surface area contributed by atoms with Crippen LogP contribution in [0, 0.1) is 0 Å². The van der Waals surface area contributed by atoms with Crippen molar-refractivity contribution in [3.05, 3.63) is 60.7 Å². The van der Waals surface area contributed by atoms with E-state index in [1.54, 1.807) is 60.7 Å². The van der Waals surface area contributed by atoms with Crippen LogP contribution in [0.3, 0.4) is 0 Å². The fourth-order valence-electron chi connectivity index (χ4n) is 3.39. The molecule has 39 heavy (non-hydrogen) atoms. The Morgan fingerprint density at radius 3 is 1.18 bits per heavy atom. The summed E-state index contributed by atoms with van der Waals surface area (Å²) in [5, 5.41) is 0. The second-order valence-electron chi connectivity index (χ2n) is 8.91. The minimum absolute atomic E-state index is 0. The Hall–Kier alpha value is -1.17. The van der Waals surface area contributed by atoms with Crippen LogP contribution in [0.4, 0.5) is 0 Å². The van der Waals surface area contributed by atoms with Gasteiger partial charge in [0, 0.05) is 0 Å². The molecule has 2 aromatic carbocycles. The van der Waals surface area contributed by atoms with Gasteiger partial charge in [-0.05, 0) is 37.1 Å². The molecular weight excluding hydrogens is 585 g/mol. The average molecular weight is 629 g/mol. The van der Waals surface area contributed by atoms with Crippen molar-refractivity contribution in [3.8, 4) is 11.5 Å². The number of phosphoric acid groups is 2. The maximum Gasteiger partial charge on any atom is 2.00 e. The van der Waals surface area contributed by atoms with E-state index in [9.17, 15) is 18.9 Å². The van der Waals surface area contributed by atoms with E-state index in [-0.39, 0.29) is 41.2 Å². The predicted molar refractivity (Wildman–Crippen MR) is 148 cm³/mol. The van der Waals surface area contributed by atoms with E-state index in [2.05, 4.69) is 13.8 Å². The smallest absolute Gasteiger partial charge is 0.746 e. The number of hydrogen-bond donors (Lipinski definition) is 0. The first kappa shape index (κ1) is 37.8. The Bertz CT molecular complexity index is 843. The zero-order chi connectivity index (χ0) is 28.0. The Kier molecular flexibility index (Phi) is 22.8. The van der Waals surface area contributed by atoms with Crippen LogP contribution in [0.15, 0.2) is 60.7 Å². The molecule has 2 rings (SSSR count). The normalized spacial score (nSPS) is 13.6. The van der Waals surface area contributed by atoms with Crippen molar-refractivity contribution in [2.75, 3.05) is 13.2 Å². The number of unbranched alkanes of at least 4 members (excludes halogenated alkanes) is 10. The molecule has 0 amide bonds. The number of para-hydroxylation sites is 2. The fourth-order valence-corrected chi connectivity index (χ4v) is 4.96. The van der Waals surface area contributed by atoms with E-state index < -0.39 is 15.6 Å². The third kappa shape index (κ3) is 22.2. The van der Waals surface area contributed by atoms with Crippen molar-refractivity contribution >= 4 is 15.6 Å².